The largest absolute Gasteiger partial charge is 0.350 e. The van der Waals surface area contributed by atoms with Crippen molar-refractivity contribution in [3.63, 3.8) is 0 Å². The Balaban J connectivity index is 1.53. The average molecular weight is 351 g/mol. The van der Waals surface area contributed by atoms with Gasteiger partial charge in [-0.2, -0.15) is 0 Å². The lowest BCUT2D eigenvalue weighted by molar-refractivity contribution is -0.122. The summed E-state index contributed by atoms with van der Waals surface area (Å²) < 4.78 is 0. The Labute approximate surface area is 156 Å². The fourth-order valence-corrected chi connectivity index (χ4v) is 3.43. The van der Waals surface area contributed by atoms with E-state index in [1.165, 1.54) is 31.5 Å². The number of nitrogens with one attached hydrogen (secondary N) is 1. The van der Waals surface area contributed by atoms with Crippen molar-refractivity contribution in [1.29, 1.82) is 0 Å². The molecule has 0 aliphatic carbocycles. The number of hydrogen-bond acceptors (Lipinski definition) is 3. The Hall–Kier alpha value is -2.17. The summed E-state index contributed by atoms with van der Waals surface area (Å²) in [5.74, 6) is 0.702. The van der Waals surface area contributed by atoms with Gasteiger partial charge in [0.05, 0.1) is 0 Å². The Morgan fingerprint density at radius 3 is 2.54 bits per heavy atom. The van der Waals surface area contributed by atoms with Crippen molar-refractivity contribution in [1.82, 2.24) is 10.2 Å². The van der Waals surface area contributed by atoms with Gasteiger partial charge >= 0.3 is 0 Å². The first-order valence-electron chi connectivity index (χ1n) is 9.50. The van der Waals surface area contributed by atoms with Crippen molar-refractivity contribution in [3.05, 3.63) is 71.3 Å². The van der Waals surface area contributed by atoms with Gasteiger partial charge in [0.2, 0.25) is 5.91 Å². The minimum Gasteiger partial charge on any atom is -0.350 e. The molecule has 3 N–H and O–H groups in total. The molecule has 1 amide bonds. The predicted octanol–water partition coefficient (Wildman–Crippen LogP) is 3.23. The summed E-state index contributed by atoms with van der Waals surface area (Å²) >= 11 is 0. The minimum atomic E-state index is -0.630. The molecule has 2 aromatic carbocycles. The predicted molar refractivity (Wildman–Crippen MR) is 105 cm³/mol. The van der Waals surface area contributed by atoms with E-state index in [1.54, 1.807) is 0 Å². The van der Waals surface area contributed by atoms with Gasteiger partial charge in [0.1, 0.15) is 6.04 Å². The molecule has 138 valence electrons. The number of hydrogen-bond donors (Lipinski definition) is 2. The van der Waals surface area contributed by atoms with Gasteiger partial charge in [-0.25, -0.2) is 0 Å². The molecule has 1 aliphatic rings. The highest BCUT2D eigenvalue weighted by Gasteiger charge is 2.16. The second kappa shape index (κ2) is 8.97. The van der Waals surface area contributed by atoms with E-state index in [4.69, 9.17) is 5.73 Å². The standard InChI is InChI=1S/C22H29N3O/c1-17-10-12-25(13-11-17)16-19-7-5-6-18(14-19)15-24-22(26)21(23)20-8-3-2-4-9-20/h2-9,14,17,21H,10-13,15-16,23H2,1H3,(H,24,26). The maximum atomic E-state index is 12.3. The highest BCUT2D eigenvalue weighted by Crippen LogP contribution is 2.18. The lowest BCUT2D eigenvalue weighted by atomic mass is 9.98. The van der Waals surface area contributed by atoms with Gasteiger partial charge < -0.3 is 11.1 Å². The number of likely N-dealkylation sites (tertiary alicyclic amines) is 1. The molecule has 1 aliphatic heterocycles. The molecule has 2 aromatic rings. The summed E-state index contributed by atoms with van der Waals surface area (Å²) in [6.45, 7) is 6.17. The van der Waals surface area contributed by atoms with E-state index in [-0.39, 0.29) is 5.91 Å². The number of rotatable bonds is 6. The van der Waals surface area contributed by atoms with Crippen LogP contribution in [0.5, 0.6) is 0 Å². The molecule has 0 spiro atoms. The Bertz CT molecular complexity index is 708. The third-order valence-electron chi connectivity index (χ3n) is 5.18. The van der Waals surface area contributed by atoms with E-state index in [0.29, 0.717) is 6.54 Å². The van der Waals surface area contributed by atoms with Crippen molar-refractivity contribution in [2.75, 3.05) is 13.1 Å². The monoisotopic (exact) mass is 351 g/mol. The van der Waals surface area contributed by atoms with Gasteiger partial charge in [-0.15, -0.1) is 0 Å². The second-order valence-electron chi connectivity index (χ2n) is 7.38. The van der Waals surface area contributed by atoms with Gasteiger partial charge in [0.15, 0.2) is 0 Å². The molecule has 1 heterocycles. The summed E-state index contributed by atoms with van der Waals surface area (Å²) in [6.07, 6.45) is 2.57. The molecule has 0 bridgehead atoms. The van der Waals surface area contributed by atoms with Crippen molar-refractivity contribution < 1.29 is 4.79 Å². The first kappa shape index (κ1) is 18.6. The van der Waals surface area contributed by atoms with E-state index in [9.17, 15) is 4.79 Å². The molecular formula is C22H29N3O. The average Bonchev–Trinajstić information content (AvgIpc) is 2.68. The van der Waals surface area contributed by atoms with Crippen LogP contribution in [0.3, 0.4) is 0 Å². The number of benzene rings is 2. The van der Waals surface area contributed by atoms with Gasteiger partial charge in [-0.3, -0.25) is 9.69 Å². The number of nitrogens with two attached hydrogens (primary N) is 1. The number of carbonyl (C=O) groups excluding carboxylic acids is 1. The third kappa shape index (κ3) is 5.16. The first-order valence-corrected chi connectivity index (χ1v) is 9.50. The summed E-state index contributed by atoms with van der Waals surface area (Å²) in [4.78, 5) is 14.8. The zero-order chi connectivity index (χ0) is 18.4. The fraction of sp³-hybridized carbons (Fsp3) is 0.409. The van der Waals surface area contributed by atoms with E-state index in [2.05, 4.69) is 41.4 Å². The molecule has 1 unspecified atom stereocenters. The highest BCUT2D eigenvalue weighted by atomic mass is 16.2. The summed E-state index contributed by atoms with van der Waals surface area (Å²) in [7, 11) is 0. The molecule has 1 saturated heterocycles. The molecule has 4 heteroatoms. The van der Waals surface area contributed by atoms with Crippen molar-refractivity contribution in [3.8, 4) is 0 Å². The zero-order valence-corrected chi connectivity index (χ0v) is 15.5. The number of carbonyl (C=O) groups is 1. The van der Waals surface area contributed by atoms with Gasteiger partial charge in [0, 0.05) is 13.1 Å². The highest BCUT2D eigenvalue weighted by molar-refractivity contribution is 5.82. The lowest BCUT2D eigenvalue weighted by Gasteiger charge is -2.30. The SMILES string of the molecule is CC1CCN(Cc2cccc(CNC(=O)C(N)c3ccccc3)c2)CC1. The fourth-order valence-electron chi connectivity index (χ4n) is 3.43. The van der Waals surface area contributed by atoms with Gasteiger partial charge in [0.25, 0.3) is 0 Å². The van der Waals surface area contributed by atoms with Crippen LogP contribution in [0, 0.1) is 5.92 Å². The molecule has 1 atom stereocenters. The molecule has 0 radical (unpaired) electrons. The number of nitrogens with zero attached hydrogens (tertiary/aromatic N) is 1. The molecule has 3 rings (SSSR count). The van der Waals surface area contributed by atoms with Gasteiger partial charge in [-0.05, 0) is 48.5 Å². The van der Waals surface area contributed by atoms with E-state index < -0.39 is 6.04 Å². The Morgan fingerprint density at radius 2 is 1.81 bits per heavy atom. The van der Waals surface area contributed by atoms with Gasteiger partial charge in [-0.1, -0.05) is 61.5 Å². The van der Waals surface area contributed by atoms with Crippen LogP contribution in [0.1, 0.15) is 42.5 Å². The first-order chi connectivity index (χ1) is 12.6. The molecule has 26 heavy (non-hydrogen) atoms. The number of piperidine rings is 1. The molecule has 4 nitrogen and oxygen atoms in total. The summed E-state index contributed by atoms with van der Waals surface area (Å²) in [5.41, 5.74) is 9.30. The molecular weight excluding hydrogens is 322 g/mol. The third-order valence-corrected chi connectivity index (χ3v) is 5.18. The van der Waals surface area contributed by atoms with Crippen molar-refractivity contribution in [2.45, 2.75) is 38.9 Å². The van der Waals surface area contributed by atoms with Crippen LogP contribution in [-0.4, -0.2) is 23.9 Å². The zero-order valence-electron chi connectivity index (χ0n) is 15.5. The van der Waals surface area contributed by atoms with E-state index in [1.807, 2.05) is 30.3 Å². The van der Waals surface area contributed by atoms with Crippen LogP contribution < -0.4 is 11.1 Å². The van der Waals surface area contributed by atoms with Crippen LogP contribution in [0.4, 0.5) is 0 Å². The van der Waals surface area contributed by atoms with Crippen LogP contribution in [-0.2, 0) is 17.9 Å². The normalized spacial score (nSPS) is 17.0. The molecule has 1 fully saturated rings. The molecule has 0 saturated carbocycles. The maximum Gasteiger partial charge on any atom is 0.241 e. The Kier molecular flexibility index (Phi) is 6.42. The summed E-state index contributed by atoms with van der Waals surface area (Å²) in [5, 5.41) is 2.96. The quantitative estimate of drug-likeness (QED) is 0.840. The van der Waals surface area contributed by atoms with Crippen LogP contribution in [0.2, 0.25) is 0 Å². The maximum absolute atomic E-state index is 12.3. The van der Waals surface area contributed by atoms with E-state index in [0.717, 1.165) is 23.6 Å². The molecule has 0 aromatic heterocycles. The lowest BCUT2D eigenvalue weighted by Crippen LogP contribution is -2.33. The van der Waals surface area contributed by atoms with Crippen LogP contribution >= 0.6 is 0 Å². The smallest absolute Gasteiger partial charge is 0.241 e. The topological polar surface area (TPSA) is 58.4 Å². The van der Waals surface area contributed by atoms with Crippen LogP contribution in [0.15, 0.2) is 54.6 Å². The second-order valence-corrected chi connectivity index (χ2v) is 7.38. The summed E-state index contributed by atoms with van der Waals surface area (Å²) in [6, 6.07) is 17.3. The van der Waals surface area contributed by atoms with Crippen molar-refractivity contribution in [2.24, 2.45) is 11.7 Å². The number of amides is 1. The Morgan fingerprint density at radius 1 is 1.12 bits per heavy atom. The van der Waals surface area contributed by atoms with Crippen molar-refractivity contribution >= 4 is 5.91 Å². The van der Waals surface area contributed by atoms with E-state index >= 15 is 0 Å². The minimum absolute atomic E-state index is 0.147. The van der Waals surface area contributed by atoms with Crippen LogP contribution in [0.25, 0.3) is 0 Å².